The molecule has 3 aromatic heterocycles. The molecule has 0 saturated carbocycles. The molecule has 0 aliphatic carbocycles. The van der Waals surface area contributed by atoms with Crippen molar-refractivity contribution in [3.05, 3.63) is 58.2 Å². The van der Waals surface area contributed by atoms with Gasteiger partial charge in [-0.05, 0) is 30.3 Å². The van der Waals surface area contributed by atoms with Crippen molar-refractivity contribution in [3.8, 4) is 18.0 Å². The van der Waals surface area contributed by atoms with Crippen LogP contribution in [0.5, 0.6) is 0 Å². The highest BCUT2D eigenvalue weighted by molar-refractivity contribution is 7.25. The molecule has 0 radical (unpaired) electrons. The Kier molecular flexibility index (Phi) is 3.88. The molecule has 1 aromatic carbocycles. The zero-order valence-electron chi connectivity index (χ0n) is 12.9. The Bertz CT molecular complexity index is 1190. The summed E-state index contributed by atoms with van der Waals surface area (Å²) in [6.45, 7) is 0.387. The van der Waals surface area contributed by atoms with Crippen molar-refractivity contribution >= 4 is 49.1 Å². The van der Waals surface area contributed by atoms with Crippen molar-refractivity contribution in [2.75, 3.05) is 11.9 Å². The van der Waals surface area contributed by atoms with Gasteiger partial charge in [0.2, 0.25) is 0 Å². The van der Waals surface area contributed by atoms with Crippen LogP contribution in [0.3, 0.4) is 0 Å². The van der Waals surface area contributed by atoms with E-state index in [1.54, 1.807) is 30.5 Å². The summed E-state index contributed by atoms with van der Waals surface area (Å²) in [7, 11) is 0. The number of thiophene rings is 1. The van der Waals surface area contributed by atoms with Crippen molar-refractivity contribution < 1.29 is 0 Å². The lowest BCUT2D eigenvalue weighted by Crippen LogP contribution is -2.17. The van der Waals surface area contributed by atoms with Crippen LogP contribution in [0.25, 0.3) is 26.1 Å². The van der Waals surface area contributed by atoms with E-state index >= 15 is 0 Å². The Morgan fingerprint density at radius 3 is 2.80 bits per heavy atom. The van der Waals surface area contributed by atoms with Crippen LogP contribution < -0.4 is 10.9 Å². The van der Waals surface area contributed by atoms with Gasteiger partial charge >= 0.3 is 0 Å². The third kappa shape index (κ3) is 2.64. The summed E-state index contributed by atoms with van der Waals surface area (Å²) >= 11 is 7.24. The van der Waals surface area contributed by atoms with Crippen LogP contribution in [0.2, 0.25) is 5.02 Å². The van der Waals surface area contributed by atoms with Gasteiger partial charge in [0, 0.05) is 16.9 Å². The summed E-state index contributed by atoms with van der Waals surface area (Å²) in [6.07, 6.45) is 8.54. The molecule has 0 unspecified atom stereocenters. The van der Waals surface area contributed by atoms with Crippen molar-refractivity contribution in [1.29, 1.82) is 0 Å². The first-order valence-electron chi connectivity index (χ1n) is 7.41. The van der Waals surface area contributed by atoms with E-state index in [1.165, 1.54) is 22.2 Å². The van der Waals surface area contributed by atoms with Crippen LogP contribution in [0.4, 0.5) is 5.69 Å². The monoisotopic (exact) mass is 366 g/mol. The van der Waals surface area contributed by atoms with Gasteiger partial charge in [0.25, 0.3) is 5.56 Å². The largest absolute Gasteiger partial charge is 0.373 e. The normalized spacial score (nSPS) is 10.9. The first-order valence-corrected chi connectivity index (χ1v) is 8.60. The lowest BCUT2D eigenvalue weighted by molar-refractivity contribution is 0.968. The van der Waals surface area contributed by atoms with E-state index in [0.717, 1.165) is 15.9 Å². The van der Waals surface area contributed by atoms with Crippen molar-refractivity contribution in [2.45, 2.75) is 0 Å². The number of anilines is 1. The minimum Gasteiger partial charge on any atom is -0.373 e. The number of fused-ring (bicyclic) bond motifs is 3. The molecule has 0 saturated heterocycles. The predicted molar refractivity (Wildman–Crippen MR) is 103 cm³/mol. The summed E-state index contributed by atoms with van der Waals surface area (Å²) in [5.74, 6) is 2.54. The lowest BCUT2D eigenvalue weighted by atomic mass is 10.2. The quantitative estimate of drug-likeness (QED) is 0.562. The molecule has 0 atom stereocenters. The highest BCUT2D eigenvalue weighted by atomic mass is 35.5. The maximum Gasteiger partial charge on any atom is 0.275 e. The Morgan fingerprint density at radius 1 is 1.24 bits per heavy atom. The predicted octanol–water partition coefficient (Wildman–Crippen LogP) is 3.69. The number of nitrogens with one attached hydrogen (secondary N) is 1. The van der Waals surface area contributed by atoms with E-state index < -0.39 is 0 Å². The van der Waals surface area contributed by atoms with Crippen LogP contribution in [-0.2, 0) is 0 Å². The standard InChI is InChI=1S/C18H11ClN4OS/c1-2-8-20-13-7-9-21-17-14(13)15-16(25-17)18(24)23(10-22-15)12-5-3-11(19)4-6-12/h1,3-7,9-10H,8H2,(H,20,21). The van der Waals surface area contributed by atoms with Crippen molar-refractivity contribution in [3.63, 3.8) is 0 Å². The maximum absolute atomic E-state index is 12.9. The molecule has 0 spiro atoms. The molecule has 4 rings (SSSR count). The number of terminal acetylenes is 1. The summed E-state index contributed by atoms with van der Waals surface area (Å²) in [5, 5.41) is 4.58. The number of aromatic nitrogens is 3. The van der Waals surface area contributed by atoms with E-state index in [1.807, 2.05) is 6.07 Å². The second-order valence-electron chi connectivity index (χ2n) is 5.27. The van der Waals surface area contributed by atoms with Gasteiger partial charge in [-0.15, -0.1) is 17.8 Å². The van der Waals surface area contributed by atoms with E-state index in [2.05, 4.69) is 21.2 Å². The number of nitrogens with zero attached hydrogens (tertiary/aromatic N) is 3. The molecule has 0 bridgehead atoms. The highest BCUT2D eigenvalue weighted by Crippen LogP contribution is 2.34. The van der Waals surface area contributed by atoms with Crippen LogP contribution in [0, 0.1) is 12.3 Å². The molecule has 0 aliphatic heterocycles. The van der Waals surface area contributed by atoms with Crippen LogP contribution in [0.1, 0.15) is 0 Å². The van der Waals surface area contributed by atoms with Gasteiger partial charge < -0.3 is 5.32 Å². The molecular formula is C18H11ClN4OS. The number of benzene rings is 1. The number of pyridine rings is 1. The van der Waals surface area contributed by atoms with Gasteiger partial charge in [-0.25, -0.2) is 9.97 Å². The fraction of sp³-hybridized carbons (Fsp3) is 0.0556. The van der Waals surface area contributed by atoms with Crippen LogP contribution in [0.15, 0.2) is 47.7 Å². The van der Waals surface area contributed by atoms with Gasteiger partial charge in [0.05, 0.1) is 23.1 Å². The maximum atomic E-state index is 12.9. The number of hydrogen-bond acceptors (Lipinski definition) is 5. The summed E-state index contributed by atoms with van der Waals surface area (Å²) < 4.78 is 2.05. The first kappa shape index (κ1) is 15.6. The Balaban J connectivity index is 1.96. The minimum atomic E-state index is -0.141. The smallest absolute Gasteiger partial charge is 0.275 e. The average Bonchev–Trinajstić information content (AvgIpc) is 3.01. The third-order valence-corrected chi connectivity index (χ3v) is 5.09. The second-order valence-corrected chi connectivity index (χ2v) is 6.71. The number of rotatable bonds is 3. The van der Waals surface area contributed by atoms with Gasteiger partial charge in [0.15, 0.2) is 0 Å². The van der Waals surface area contributed by atoms with E-state index in [0.29, 0.717) is 27.5 Å². The van der Waals surface area contributed by atoms with Crippen molar-refractivity contribution in [2.24, 2.45) is 0 Å². The van der Waals surface area contributed by atoms with Gasteiger partial charge in [-0.1, -0.05) is 17.5 Å². The molecule has 3 heterocycles. The third-order valence-electron chi connectivity index (χ3n) is 3.77. The Labute approximate surface area is 151 Å². The topological polar surface area (TPSA) is 59.8 Å². The molecule has 4 aromatic rings. The molecule has 0 amide bonds. The lowest BCUT2D eigenvalue weighted by Gasteiger charge is -2.06. The van der Waals surface area contributed by atoms with Gasteiger partial charge in [0.1, 0.15) is 15.9 Å². The zero-order chi connectivity index (χ0) is 17.4. The molecule has 0 aliphatic rings. The van der Waals surface area contributed by atoms with Gasteiger partial charge in [-0.2, -0.15) is 0 Å². The second kappa shape index (κ2) is 6.20. The minimum absolute atomic E-state index is 0.141. The van der Waals surface area contributed by atoms with Gasteiger partial charge in [-0.3, -0.25) is 9.36 Å². The summed E-state index contributed by atoms with van der Waals surface area (Å²) in [5.41, 5.74) is 2.02. The zero-order valence-corrected chi connectivity index (χ0v) is 14.4. The highest BCUT2D eigenvalue weighted by Gasteiger charge is 2.15. The Morgan fingerprint density at radius 2 is 2.04 bits per heavy atom. The van der Waals surface area contributed by atoms with E-state index in [9.17, 15) is 4.79 Å². The van der Waals surface area contributed by atoms with Crippen LogP contribution >= 0.6 is 22.9 Å². The summed E-state index contributed by atoms with van der Waals surface area (Å²) in [6, 6.07) is 8.87. The van der Waals surface area contributed by atoms with E-state index in [4.69, 9.17) is 18.0 Å². The number of halogens is 1. The SMILES string of the molecule is C#CCNc1ccnc2sc3c(=O)n(-c4ccc(Cl)cc4)cnc3c12. The fourth-order valence-corrected chi connectivity index (χ4v) is 3.81. The molecule has 5 nitrogen and oxygen atoms in total. The van der Waals surface area contributed by atoms with Crippen LogP contribution in [-0.4, -0.2) is 21.1 Å². The molecule has 0 fully saturated rings. The first-order chi connectivity index (χ1) is 12.2. The van der Waals surface area contributed by atoms with E-state index in [-0.39, 0.29) is 5.56 Å². The molecule has 25 heavy (non-hydrogen) atoms. The molecule has 122 valence electrons. The molecular weight excluding hydrogens is 356 g/mol. The number of hydrogen-bond donors (Lipinski definition) is 1. The Hall–Kier alpha value is -2.88. The average molecular weight is 367 g/mol. The fourth-order valence-electron chi connectivity index (χ4n) is 2.63. The summed E-state index contributed by atoms with van der Waals surface area (Å²) in [4.78, 5) is 22.5. The molecule has 1 N–H and O–H groups in total. The molecule has 7 heteroatoms. The van der Waals surface area contributed by atoms with Crippen molar-refractivity contribution in [1.82, 2.24) is 14.5 Å².